The number of hydrazone groups is 1. The number of nitrogens with one attached hydrogen (secondary N) is 1. The molecular weight excluding hydrogens is 294 g/mol. The Balaban J connectivity index is 2.09. The van der Waals surface area contributed by atoms with Crippen molar-refractivity contribution in [3.8, 4) is 11.5 Å². The van der Waals surface area contributed by atoms with E-state index in [1.807, 2.05) is 0 Å². The van der Waals surface area contributed by atoms with Crippen LogP contribution < -0.4 is 10.6 Å². The normalized spacial score (nSPS) is 11.7. The number of phenolic OH excluding ortho intramolecular Hbond substituents is 2. The van der Waals surface area contributed by atoms with Crippen LogP contribution in [0, 0.1) is 0 Å². The summed E-state index contributed by atoms with van der Waals surface area (Å²) in [5, 5.41) is 27.8. The molecule has 0 aromatic heterocycles. The van der Waals surface area contributed by atoms with Crippen LogP contribution >= 0.6 is 0 Å². The maximum atomic E-state index is 11.1. The van der Waals surface area contributed by atoms with Crippen LogP contribution in [-0.2, 0) is 10.0 Å². The second-order valence-electron chi connectivity index (χ2n) is 4.15. The van der Waals surface area contributed by atoms with Crippen LogP contribution in [0.5, 0.6) is 11.5 Å². The van der Waals surface area contributed by atoms with Gasteiger partial charge in [0.25, 0.3) is 0 Å². The standard InChI is InChI=1S/C13H13N3O4S/c14-21(19,20)11-6-4-10(5-7-11)16-15-8-9-2-1-3-12(17)13(9)18/h1-8,16-18H,(H2,14,19,20). The van der Waals surface area contributed by atoms with E-state index in [-0.39, 0.29) is 16.4 Å². The van der Waals surface area contributed by atoms with Crippen LogP contribution in [0.3, 0.4) is 0 Å². The first kappa shape index (κ1) is 14.8. The molecule has 0 aliphatic carbocycles. The fourth-order valence-electron chi connectivity index (χ4n) is 1.55. The van der Waals surface area contributed by atoms with Crippen molar-refractivity contribution in [1.29, 1.82) is 0 Å². The maximum absolute atomic E-state index is 11.1. The molecule has 0 saturated heterocycles. The highest BCUT2D eigenvalue weighted by molar-refractivity contribution is 7.89. The number of hydrogen-bond donors (Lipinski definition) is 4. The Morgan fingerprint density at radius 1 is 1.10 bits per heavy atom. The highest BCUT2D eigenvalue weighted by Crippen LogP contribution is 2.26. The molecule has 0 saturated carbocycles. The number of hydrogen-bond acceptors (Lipinski definition) is 6. The molecule has 0 heterocycles. The number of nitrogens with two attached hydrogens (primary N) is 1. The lowest BCUT2D eigenvalue weighted by Gasteiger charge is -2.03. The molecule has 0 fully saturated rings. The van der Waals surface area contributed by atoms with Gasteiger partial charge in [0.2, 0.25) is 10.0 Å². The number of para-hydroxylation sites is 1. The molecule has 0 unspecified atom stereocenters. The number of aromatic hydroxyl groups is 2. The Kier molecular flexibility index (Phi) is 4.10. The van der Waals surface area contributed by atoms with Gasteiger partial charge in [-0.05, 0) is 36.4 Å². The van der Waals surface area contributed by atoms with Gasteiger partial charge in [0.1, 0.15) is 0 Å². The van der Waals surface area contributed by atoms with Crippen molar-refractivity contribution in [2.24, 2.45) is 10.2 Å². The summed E-state index contributed by atoms with van der Waals surface area (Å²) in [5.74, 6) is -0.510. The first-order chi connectivity index (χ1) is 9.88. The van der Waals surface area contributed by atoms with Gasteiger partial charge >= 0.3 is 0 Å². The minimum Gasteiger partial charge on any atom is -0.504 e. The van der Waals surface area contributed by atoms with Crippen molar-refractivity contribution in [3.63, 3.8) is 0 Å². The van der Waals surface area contributed by atoms with Gasteiger partial charge in [-0.3, -0.25) is 5.43 Å². The van der Waals surface area contributed by atoms with E-state index in [2.05, 4.69) is 10.5 Å². The zero-order valence-electron chi connectivity index (χ0n) is 10.8. The summed E-state index contributed by atoms with van der Waals surface area (Å²) in [4.78, 5) is 0.00246. The van der Waals surface area contributed by atoms with Gasteiger partial charge in [0.15, 0.2) is 11.5 Å². The monoisotopic (exact) mass is 307 g/mol. The van der Waals surface area contributed by atoms with Crippen molar-refractivity contribution >= 4 is 21.9 Å². The summed E-state index contributed by atoms with van der Waals surface area (Å²) in [5.41, 5.74) is 3.54. The average Bonchev–Trinajstić information content (AvgIpc) is 2.43. The molecule has 0 radical (unpaired) electrons. The number of nitrogens with zero attached hydrogens (tertiary/aromatic N) is 1. The van der Waals surface area contributed by atoms with Gasteiger partial charge < -0.3 is 10.2 Å². The number of primary sulfonamides is 1. The molecule has 7 nitrogen and oxygen atoms in total. The minimum absolute atomic E-state index is 0.00246. The SMILES string of the molecule is NS(=O)(=O)c1ccc(NN=Cc2cccc(O)c2O)cc1. The smallest absolute Gasteiger partial charge is 0.238 e. The second-order valence-corrected chi connectivity index (χ2v) is 5.72. The Morgan fingerprint density at radius 3 is 2.38 bits per heavy atom. The molecule has 2 aromatic rings. The quantitative estimate of drug-likeness (QED) is 0.383. The van der Waals surface area contributed by atoms with Crippen LogP contribution in [0.1, 0.15) is 5.56 Å². The van der Waals surface area contributed by atoms with Gasteiger partial charge in [0, 0.05) is 5.56 Å². The van der Waals surface area contributed by atoms with E-state index in [1.54, 1.807) is 12.1 Å². The molecule has 5 N–H and O–H groups in total. The fourth-order valence-corrected chi connectivity index (χ4v) is 2.06. The van der Waals surface area contributed by atoms with E-state index in [0.29, 0.717) is 11.3 Å². The summed E-state index contributed by atoms with van der Waals surface area (Å²) < 4.78 is 22.2. The average molecular weight is 307 g/mol. The maximum Gasteiger partial charge on any atom is 0.238 e. The van der Waals surface area contributed by atoms with Gasteiger partial charge in [0.05, 0.1) is 16.8 Å². The molecule has 0 bridgehead atoms. The van der Waals surface area contributed by atoms with Crippen LogP contribution in [0.25, 0.3) is 0 Å². The second kappa shape index (κ2) is 5.81. The number of sulfonamides is 1. The summed E-state index contributed by atoms with van der Waals surface area (Å²) in [6.07, 6.45) is 1.32. The van der Waals surface area contributed by atoms with E-state index in [1.165, 1.54) is 36.5 Å². The Bertz CT molecular complexity index is 771. The van der Waals surface area contributed by atoms with Crippen LogP contribution in [0.2, 0.25) is 0 Å². The summed E-state index contributed by atoms with van der Waals surface area (Å²) in [6, 6.07) is 10.2. The van der Waals surface area contributed by atoms with E-state index in [4.69, 9.17) is 5.14 Å². The highest BCUT2D eigenvalue weighted by atomic mass is 32.2. The molecule has 2 rings (SSSR count). The van der Waals surface area contributed by atoms with Gasteiger partial charge in [-0.2, -0.15) is 5.10 Å². The van der Waals surface area contributed by atoms with Crippen molar-refractivity contribution in [3.05, 3.63) is 48.0 Å². The molecule has 0 amide bonds. The number of rotatable bonds is 4. The molecule has 21 heavy (non-hydrogen) atoms. The van der Waals surface area contributed by atoms with Crippen molar-refractivity contribution < 1.29 is 18.6 Å². The molecule has 110 valence electrons. The van der Waals surface area contributed by atoms with Gasteiger partial charge in [-0.15, -0.1) is 0 Å². The van der Waals surface area contributed by atoms with Crippen molar-refractivity contribution in [2.45, 2.75) is 4.90 Å². The summed E-state index contributed by atoms with van der Waals surface area (Å²) in [6.45, 7) is 0. The Morgan fingerprint density at radius 2 is 1.76 bits per heavy atom. The molecule has 8 heteroatoms. The van der Waals surface area contributed by atoms with E-state index in [9.17, 15) is 18.6 Å². The third-order valence-corrected chi connectivity index (χ3v) is 3.56. The molecule has 0 atom stereocenters. The summed E-state index contributed by atoms with van der Waals surface area (Å²) in [7, 11) is -3.72. The number of phenols is 2. The zero-order chi connectivity index (χ0) is 15.5. The minimum atomic E-state index is -3.72. The molecular formula is C13H13N3O4S. The van der Waals surface area contributed by atoms with Gasteiger partial charge in [-0.1, -0.05) is 6.07 Å². The van der Waals surface area contributed by atoms with Crippen LogP contribution in [0.4, 0.5) is 5.69 Å². The van der Waals surface area contributed by atoms with Crippen molar-refractivity contribution in [1.82, 2.24) is 0 Å². The molecule has 0 aliphatic heterocycles. The van der Waals surface area contributed by atoms with E-state index < -0.39 is 10.0 Å². The third-order valence-electron chi connectivity index (χ3n) is 2.63. The predicted octanol–water partition coefficient (Wildman–Crippen LogP) is 1.19. The number of benzene rings is 2. The summed E-state index contributed by atoms with van der Waals surface area (Å²) >= 11 is 0. The van der Waals surface area contributed by atoms with Crippen LogP contribution in [-0.4, -0.2) is 24.8 Å². The first-order valence-electron chi connectivity index (χ1n) is 5.81. The largest absolute Gasteiger partial charge is 0.504 e. The fraction of sp³-hybridized carbons (Fsp3) is 0. The molecule has 0 aliphatic rings. The zero-order valence-corrected chi connectivity index (χ0v) is 11.6. The highest BCUT2D eigenvalue weighted by Gasteiger charge is 2.06. The molecule has 2 aromatic carbocycles. The Labute approximate surface area is 121 Å². The van der Waals surface area contributed by atoms with Gasteiger partial charge in [-0.25, -0.2) is 13.6 Å². The van der Waals surface area contributed by atoms with Crippen LogP contribution in [0.15, 0.2) is 52.5 Å². The van der Waals surface area contributed by atoms with Crippen molar-refractivity contribution in [2.75, 3.05) is 5.43 Å². The lowest BCUT2D eigenvalue weighted by Crippen LogP contribution is -2.11. The molecule has 0 spiro atoms. The predicted molar refractivity (Wildman–Crippen MR) is 78.8 cm³/mol. The Hall–Kier alpha value is -2.58. The first-order valence-corrected chi connectivity index (χ1v) is 7.35. The topological polar surface area (TPSA) is 125 Å². The van der Waals surface area contributed by atoms with E-state index >= 15 is 0 Å². The third kappa shape index (κ3) is 3.71. The van der Waals surface area contributed by atoms with E-state index in [0.717, 1.165) is 0 Å². The lowest BCUT2D eigenvalue weighted by atomic mass is 10.2. The lowest BCUT2D eigenvalue weighted by molar-refractivity contribution is 0.403. The number of anilines is 1.